The predicted octanol–water partition coefficient (Wildman–Crippen LogP) is 12.1. The number of unbranched alkanes of at least 4 members (excludes halogenated alkanes) is 1. The van der Waals surface area contributed by atoms with Gasteiger partial charge < -0.3 is 0 Å². The van der Waals surface area contributed by atoms with E-state index in [-0.39, 0.29) is 29.6 Å². The van der Waals surface area contributed by atoms with E-state index in [2.05, 4.69) is 27.4 Å². The second kappa shape index (κ2) is 19.0. The van der Waals surface area contributed by atoms with Gasteiger partial charge in [-0.2, -0.15) is 0 Å². The molecule has 5 rings (SSSR count). The van der Waals surface area contributed by atoms with E-state index in [9.17, 15) is 19.2 Å². The van der Waals surface area contributed by atoms with Gasteiger partial charge in [-0.25, -0.2) is 0 Å². The molecule has 5 aromatic carbocycles. The second-order valence-electron chi connectivity index (χ2n) is 14.5. The summed E-state index contributed by atoms with van der Waals surface area (Å²) in [4.78, 5) is 57.0. The third-order valence-corrected chi connectivity index (χ3v) is 10.3. The number of Topliss-reactive ketones (excluding diaryl/α,β-unsaturated/α-hetero) is 1. The quantitative estimate of drug-likeness (QED) is 0.0541. The highest BCUT2D eigenvalue weighted by Crippen LogP contribution is 2.29. The molecule has 284 valence electrons. The van der Waals surface area contributed by atoms with Crippen LogP contribution in [0, 0.1) is 20.8 Å². The molecule has 56 heavy (non-hydrogen) atoms. The van der Waals surface area contributed by atoms with Gasteiger partial charge in [0.05, 0.1) is 0 Å². The van der Waals surface area contributed by atoms with E-state index < -0.39 is 0 Å². The Morgan fingerprint density at radius 2 is 1.00 bits per heavy atom. The Bertz CT molecular complexity index is 2320. The van der Waals surface area contributed by atoms with Gasteiger partial charge in [-0.3, -0.25) is 19.2 Å². The highest BCUT2D eigenvalue weighted by atomic mass is 16.1. The lowest BCUT2D eigenvalue weighted by Crippen LogP contribution is -2.13. The molecule has 4 nitrogen and oxygen atoms in total. The minimum absolute atomic E-state index is 0.172. The maximum absolute atomic E-state index is 14.3. The number of hydrogen-bond acceptors (Lipinski definition) is 4. The first-order valence-electron chi connectivity index (χ1n) is 19.7. The van der Waals surface area contributed by atoms with Gasteiger partial charge in [-0.05, 0) is 104 Å². The lowest BCUT2D eigenvalue weighted by molar-refractivity contribution is 0.102. The summed E-state index contributed by atoms with van der Waals surface area (Å²) in [5.41, 5.74) is 9.73. The number of rotatable bonds is 17. The fourth-order valence-corrected chi connectivity index (χ4v) is 6.97. The zero-order valence-corrected chi connectivity index (χ0v) is 33.6. The number of hydrogen-bond donors (Lipinski definition) is 0. The van der Waals surface area contributed by atoms with Gasteiger partial charge in [0.15, 0.2) is 23.1 Å². The van der Waals surface area contributed by atoms with Crippen molar-refractivity contribution < 1.29 is 19.2 Å². The molecule has 5 aromatic rings. The maximum atomic E-state index is 14.3. The topological polar surface area (TPSA) is 68.3 Å². The first-order valence-corrected chi connectivity index (χ1v) is 19.7. The summed E-state index contributed by atoms with van der Waals surface area (Å²) in [6.45, 7) is 15.7. The molecule has 0 unspecified atom stereocenters. The number of benzene rings is 5. The number of aryl methyl sites for hydroxylation is 3. The van der Waals surface area contributed by atoms with Crippen molar-refractivity contribution in [1.29, 1.82) is 0 Å². The van der Waals surface area contributed by atoms with Crippen LogP contribution in [0.5, 0.6) is 0 Å². The van der Waals surface area contributed by atoms with Crippen LogP contribution < -0.4 is 0 Å². The first-order chi connectivity index (χ1) is 27.0. The van der Waals surface area contributed by atoms with E-state index >= 15 is 0 Å². The SMILES string of the molecule is C=C/C=C(\C=C/CCC)C(=O)c1cc(Cc2cc(C(=O)c3ccc(C)cc3)c(C)c(C(=O)c3ccc(CCC)cc3)c2)cc(C(=O)c2ccc(CC)cc2)c1C. The number of allylic oxidation sites excluding steroid dienone is 5. The highest BCUT2D eigenvalue weighted by Gasteiger charge is 2.24. The van der Waals surface area contributed by atoms with Crippen LogP contribution >= 0.6 is 0 Å². The van der Waals surface area contributed by atoms with Crippen molar-refractivity contribution in [3.05, 3.63) is 211 Å². The molecule has 0 aliphatic rings. The van der Waals surface area contributed by atoms with Crippen LogP contribution in [-0.4, -0.2) is 23.1 Å². The molecule has 0 spiro atoms. The van der Waals surface area contributed by atoms with E-state index in [1.807, 2.05) is 130 Å². The molecule has 0 bridgehead atoms. The summed E-state index contributed by atoms with van der Waals surface area (Å²) in [5.74, 6) is -0.748. The molecule has 0 aliphatic heterocycles. The van der Waals surface area contributed by atoms with Crippen LogP contribution in [-0.2, 0) is 19.3 Å². The molecule has 0 heterocycles. The molecule has 0 radical (unpaired) electrons. The van der Waals surface area contributed by atoms with Crippen LogP contribution in [0.25, 0.3) is 0 Å². The Labute approximate surface area is 332 Å². The Kier molecular flexibility index (Phi) is 14.0. The summed E-state index contributed by atoms with van der Waals surface area (Å²) < 4.78 is 0. The number of carbonyl (C=O) groups is 4. The normalized spacial score (nSPS) is 11.5. The van der Waals surface area contributed by atoms with Gasteiger partial charge in [0.1, 0.15) is 0 Å². The summed E-state index contributed by atoms with van der Waals surface area (Å²) in [6.07, 6.45) is 11.9. The van der Waals surface area contributed by atoms with Gasteiger partial charge in [-0.15, -0.1) is 0 Å². The van der Waals surface area contributed by atoms with Gasteiger partial charge in [0.25, 0.3) is 0 Å². The van der Waals surface area contributed by atoms with Crippen LogP contribution in [0.4, 0.5) is 0 Å². The average Bonchev–Trinajstić information content (AvgIpc) is 3.21. The van der Waals surface area contributed by atoms with Crippen LogP contribution in [0.3, 0.4) is 0 Å². The smallest absolute Gasteiger partial charge is 0.193 e. The predicted molar refractivity (Wildman–Crippen MR) is 230 cm³/mol. The Balaban J connectivity index is 1.68. The zero-order valence-electron chi connectivity index (χ0n) is 33.6. The molecule has 0 atom stereocenters. The van der Waals surface area contributed by atoms with Gasteiger partial charge in [-0.1, -0.05) is 143 Å². The average molecular weight is 741 g/mol. The Morgan fingerprint density at radius 1 is 0.554 bits per heavy atom. The monoisotopic (exact) mass is 740 g/mol. The highest BCUT2D eigenvalue weighted by molar-refractivity contribution is 6.16. The lowest BCUT2D eigenvalue weighted by atomic mass is 9.85. The van der Waals surface area contributed by atoms with Crippen molar-refractivity contribution in [1.82, 2.24) is 0 Å². The fraction of sp³-hybridized carbons (Fsp3) is 0.231. The van der Waals surface area contributed by atoms with Gasteiger partial charge >= 0.3 is 0 Å². The summed E-state index contributed by atoms with van der Waals surface area (Å²) in [5, 5.41) is 0. The molecule has 0 saturated heterocycles. The van der Waals surface area contributed by atoms with Gasteiger partial charge in [0, 0.05) is 44.5 Å². The van der Waals surface area contributed by atoms with Crippen LogP contribution in [0.15, 0.2) is 134 Å². The van der Waals surface area contributed by atoms with Crippen molar-refractivity contribution in [3.8, 4) is 0 Å². The molecule has 0 aliphatic carbocycles. The molecule has 4 heteroatoms. The summed E-state index contributed by atoms with van der Waals surface area (Å²) in [6, 6.07) is 30.1. The van der Waals surface area contributed by atoms with Crippen molar-refractivity contribution in [3.63, 3.8) is 0 Å². The largest absolute Gasteiger partial charge is 0.289 e. The Hall–Kier alpha value is -6.00. The summed E-state index contributed by atoms with van der Waals surface area (Å²) >= 11 is 0. The minimum Gasteiger partial charge on any atom is -0.289 e. The van der Waals surface area contributed by atoms with Crippen molar-refractivity contribution in [2.75, 3.05) is 0 Å². The zero-order chi connectivity index (χ0) is 40.4. The fourth-order valence-electron chi connectivity index (χ4n) is 6.97. The van der Waals surface area contributed by atoms with E-state index in [1.54, 1.807) is 12.2 Å². The molecule has 0 fully saturated rings. The standard InChI is InChI=1S/C52H52O4/c1-8-12-13-16-41(15-10-3)49(53)45-30-39(32-47(35(45)6)51(55)43-25-19-37(11-4)20-26-43)29-40-31-46(50(54)42-23-17-34(5)18-24-42)36(7)48(33-40)52(56)44-27-21-38(14-9-2)22-28-44/h10,13,15-28,30-33H,3,8-9,11-12,14,29H2,1-2,4-7H3/b16-13-,41-15+. The number of carbonyl (C=O) groups excluding carboxylic acids is 4. The van der Waals surface area contributed by atoms with Crippen molar-refractivity contribution in [2.45, 2.75) is 80.1 Å². The number of ketones is 4. The van der Waals surface area contributed by atoms with E-state index in [4.69, 9.17) is 0 Å². The van der Waals surface area contributed by atoms with Crippen molar-refractivity contribution >= 4 is 23.1 Å². The first kappa shape index (κ1) is 41.2. The minimum atomic E-state index is -0.214. The van der Waals surface area contributed by atoms with E-state index in [0.29, 0.717) is 61.2 Å². The van der Waals surface area contributed by atoms with E-state index in [1.165, 1.54) is 0 Å². The molecule has 0 amide bonds. The third-order valence-electron chi connectivity index (χ3n) is 10.3. The maximum Gasteiger partial charge on any atom is 0.193 e. The van der Waals surface area contributed by atoms with Crippen LogP contribution in [0.1, 0.15) is 137 Å². The third kappa shape index (κ3) is 9.62. The lowest BCUT2D eigenvalue weighted by Gasteiger charge is -2.17. The summed E-state index contributed by atoms with van der Waals surface area (Å²) in [7, 11) is 0. The van der Waals surface area contributed by atoms with Crippen LogP contribution in [0.2, 0.25) is 0 Å². The van der Waals surface area contributed by atoms with Crippen molar-refractivity contribution in [2.24, 2.45) is 0 Å². The second-order valence-corrected chi connectivity index (χ2v) is 14.5. The van der Waals surface area contributed by atoms with Gasteiger partial charge in [0.2, 0.25) is 0 Å². The van der Waals surface area contributed by atoms with E-state index in [0.717, 1.165) is 54.4 Å². The molecule has 0 N–H and O–H groups in total. The molecule has 0 saturated carbocycles. The molecular weight excluding hydrogens is 689 g/mol. The molecular formula is C52H52O4. The molecule has 0 aromatic heterocycles. The Morgan fingerprint density at radius 3 is 1.45 bits per heavy atom.